The first kappa shape index (κ1) is 11.7. The molecule has 4 nitrogen and oxygen atoms in total. The molecule has 1 aromatic rings. The third-order valence-electron chi connectivity index (χ3n) is 1.66. The zero-order valence-corrected chi connectivity index (χ0v) is 9.84. The van der Waals surface area contributed by atoms with Gasteiger partial charge in [0.05, 0.1) is 11.4 Å². The van der Waals surface area contributed by atoms with E-state index in [1.54, 1.807) is 7.05 Å². The Balaban J connectivity index is 2.85. The maximum atomic E-state index is 5.40. The van der Waals surface area contributed by atoms with Gasteiger partial charge in [0, 0.05) is 7.05 Å². The van der Waals surface area contributed by atoms with Gasteiger partial charge in [0.1, 0.15) is 0 Å². The maximum Gasteiger partial charge on any atom is 0.170 e. The van der Waals surface area contributed by atoms with Gasteiger partial charge < -0.3 is 21.7 Å². The predicted molar refractivity (Wildman–Crippen MR) is 72.1 cm³/mol. The first-order chi connectivity index (χ1) is 7.13. The Kier molecular flexibility index (Phi) is 4.26. The highest BCUT2D eigenvalue weighted by Gasteiger charge is 2.02. The monoisotopic (exact) mass is 240 g/mol. The van der Waals surface area contributed by atoms with Crippen molar-refractivity contribution < 1.29 is 0 Å². The Labute approximate surface area is 99.2 Å². The first-order valence-electron chi connectivity index (χ1n) is 4.27. The Bertz CT molecular complexity index is 378. The van der Waals surface area contributed by atoms with Crippen LogP contribution in [0.5, 0.6) is 0 Å². The molecule has 6 heteroatoms. The smallest absolute Gasteiger partial charge is 0.170 e. The van der Waals surface area contributed by atoms with Crippen LogP contribution < -0.4 is 21.7 Å². The van der Waals surface area contributed by atoms with Gasteiger partial charge in [-0.25, -0.2) is 0 Å². The van der Waals surface area contributed by atoms with E-state index < -0.39 is 0 Å². The molecule has 0 spiro atoms. The number of rotatable bonds is 2. The molecule has 15 heavy (non-hydrogen) atoms. The minimum absolute atomic E-state index is 0.222. The van der Waals surface area contributed by atoms with Crippen LogP contribution in [0, 0.1) is 0 Å². The van der Waals surface area contributed by atoms with E-state index in [-0.39, 0.29) is 5.11 Å². The maximum absolute atomic E-state index is 5.40. The van der Waals surface area contributed by atoms with Crippen LogP contribution in [0.25, 0.3) is 0 Å². The molecule has 0 aliphatic heterocycles. The molecule has 1 rings (SSSR count). The van der Waals surface area contributed by atoms with Gasteiger partial charge in [0.25, 0.3) is 0 Å². The fourth-order valence-electron chi connectivity index (χ4n) is 1.02. The third kappa shape index (κ3) is 3.69. The summed E-state index contributed by atoms with van der Waals surface area (Å²) in [4.78, 5) is 0. The minimum Gasteiger partial charge on any atom is -0.376 e. The molecule has 0 bridgehead atoms. The van der Waals surface area contributed by atoms with Gasteiger partial charge >= 0.3 is 0 Å². The Morgan fingerprint density at radius 3 is 2.13 bits per heavy atom. The molecular formula is C9H12N4S2. The van der Waals surface area contributed by atoms with Gasteiger partial charge in [-0.15, -0.1) is 0 Å². The van der Waals surface area contributed by atoms with Gasteiger partial charge in [-0.05, 0) is 36.6 Å². The van der Waals surface area contributed by atoms with Crippen molar-refractivity contribution in [3.8, 4) is 0 Å². The number of anilines is 2. The summed E-state index contributed by atoms with van der Waals surface area (Å²) in [5.41, 5.74) is 7.02. The summed E-state index contributed by atoms with van der Waals surface area (Å²) in [5.74, 6) is 0. The lowest BCUT2D eigenvalue weighted by Crippen LogP contribution is -2.26. The van der Waals surface area contributed by atoms with Crippen molar-refractivity contribution in [2.75, 3.05) is 17.7 Å². The minimum atomic E-state index is 0.222. The second kappa shape index (κ2) is 5.47. The van der Waals surface area contributed by atoms with Gasteiger partial charge in [-0.3, -0.25) is 0 Å². The molecule has 0 aliphatic carbocycles. The highest BCUT2D eigenvalue weighted by atomic mass is 32.1. The molecule has 0 aromatic heterocycles. The van der Waals surface area contributed by atoms with E-state index >= 15 is 0 Å². The number of hydrogen-bond acceptors (Lipinski definition) is 2. The summed E-state index contributed by atoms with van der Waals surface area (Å²) in [5, 5.41) is 9.45. The molecule has 1 aromatic carbocycles. The molecule has 0 atom stereocenters. The SMILES string of the molecule is CNC(=S)Nc1ccccc1NC(N)=S. The fourth-order valence-corrected chi connectivity index (χ4v) is 1.24. The molecule has 0 unspecified atom stereocenters. The molecule has 0 radical (unpaired) electrons. The second-order valence-corrected chi connectivity index (χ2v) is 3.59. The van der Waals surface area contributed by atoms with E-state index in [9.17, 15) is 0 Å². The van der Waals surface area contributed by atoms with Crippen molar-refractivity contribution in [2.24, 2.45) is 5.73 Å². The molecule has 80 valence electrons. The largest absolute Gasteiger partial charge is 0.376 e. The zero-order valence-electron chi connectivity index (χ0n) is 8.20. The van der Waals surface area contributed by atoms with Crippen LogP contribution in [0.4, 0.5) is 11.4 Å². The highest BCUT2D eigenvalue weighted by molar-refractivity contribution is 7.80. The first-order valence-corrected chi connectivity index (χ1v) is 5.09. The Morgan fingerprint density at radius 1 is 1.13 bits per heavy atom. The van der Waals surface area contributed by atoms with Crippen LogP contribution in [-0.4, -0.2) is 17.3 Å². The lowest BCUT2D eigenvalue weighted by molar-refractivity contribution is 1.20. The summed E-state index contributed by atoms with van der Waals surface area (Å²) in [6, 6.07) is 7.52. The van der Waals surface area contributed by atoms with Gasteiger partial charge in [0.2, 0.25) is 0 Å². The van der Waals surface area contributed by atoms with Crippen LogP contribution in [0.2, 0.25) is 0 Å². The standard InChI is InChI=1S/C9H12N4S2/c1-11-9(15)13-7-5-3-2-4-6(7)12-8(10)14/h2-5H,1H3,(H3,10,12,14)(H2,11,13,15). The summed E-state index contributed by atoms with van der Waals surface area (Å²) in [7, 11) is 1.75. The van der Waals surface area contributed by atoms with Crippen molar-refractivity contribution in [2.45, 2.75) is 0 Å². The molecular weight excluding hydrogens is 228 g/mol. The third-order valence-corrected chi connectivity index (χ3v) is 2.07. The van der Waals surface area contributed by atoms with Crippen molar-refractivity contribution >= 4 is 46.0 Å². The number of nitrogens with one attached hydrogen (secondary N) is 3. The Morgan fingerprint density at radius 2 is 1.67 bits per heavy atom. The van der Waals surface area contributed by atoms with E-state index in [0.29, 0.717) is 5.11 Å². The number of thiocarbonyl (C=S) groups is 2. The highest BCUT2D eigenvalue weighted by Crippen LogP contribution is 2.20. The van der Waals surface area contributed by atoms with Gasteiger partial charge in [-0.2, -0.15) is 0 Å². The molecule has 0 saturated heterocycles. The summed E-state index contributed by atoms with van der Waals surface area (Å²) >= 11 is 9.77. The van der Waals surface area contributed by atoms with Crippen LogP contribution in [0.1, 0.15) is 0 Å². The fraction of sp³-hybridized carbons (Fsp3) is 0.111. The van der Waals surface area contributed by atoms with E-state index in [1.807, 2.05) is 24.3 Å². The zero-order chi connectivity index (χ0) is 11.3. The molecule has 5 N–H and O–H groups in total. The van der Waals surface area contributed by atoms with E-state index in [0.717, 1.165) is 11.4 Å². The quantitative estimate of drug-likeness (QED) is 0.584. The Hall–Kier alpha value is -1.40. The molecule has 0 saturated carbocycles. The summed E-state index contributed by atoms with van der Waals surface area (Å²) in [6.45, 7) is 0. The molecule has 0 aliphatic rings. The van der Waals surface area contributed by atoms with Gasteiger partial charge in [0.15, 0.2) is 10.2 Å². The molecule has 0 amide bonds. The lowest BCUT2D eigenvalue weighted by Gasteiger charge is -2.12. The predicted octanol–water partition coefficient (Wildman–Crippen LogP) is 1.26. The number of hydrogen-bond donors (Lipinski definition) is 4. The average Bonchev–Trinajstić information content (AvgIpc) is 2.20. The van der Waals surface area contributed by atoms with Crippen LogP contribution >= 0.6 is 24.4 Å². The summed E-state index contributed by atoms with van der Waals surface area (Å²) < 4.78 is 0. The van der Waals surface area contributed by atoms with Gasteiger partial charge in [-0.1, -0.05) is 12.1 Å². The average molecular weight is 240 g/mol. The van der Waals surface area contributed by atoms with E-state index in [1.165, 1.54) is 0 Å². The topological polar surface area (TPSA) is 62.1 Å². The van der Waals surface area contributed by atoms with Crippen LogP contribution in [-0.2, 0) is 0 Å². The van der Waals surface area contributed by atoms with Crippen molar-refractivity contribution in [1.29, 1.82) is 0 Å². The number of benzene rings is 1. The number of para-hydroxylation sites is 2. The van der Waals surface area contributed by atoms with Crippen molar-refractivity contribution in [1.82, 2.24) is 5.32 Å². The lowest BCUT2D eigenvalue weighted by atomic mass is 10.2. The van der Waals surface area contributed by atoms with Crippen molar-refractivity contribution in [3.63, 3.8) is 0 Å². The van der Waals surface area contributed by atoms with E-state index in [4.69, 9.17) is 30.2 Å². The van der Waals surface area contributed by atoms with Crippen LogP contribution in [0.15, 0.2) is 24.3 Å². The van der Waals surface area contributed by atoms with Crippen molar-refractivity contribution in [3.05, 3.63) is 24.3 Å². The molecule has 0 heterocycles. The number of nitrogens with two attached hydrogens (primary N) is 1. The normalized spacial score (nSPS) is 9.13. The molecule has 0 fully saturated rings. The second-order valence-electron chi connectivity index (χ2n) is 2.74. The summed E-state index contributed by atoms with van der Waals surface area (Å²) in [6.07, 6.45) is 0. The van der Waals surface area contributed by atoms with Crippen LogP contribution in [0.3, 0.4) is 0 Å². The van der Waals surface area contributed by atoms with E-state index in [2.05, 4.69) is 16.0 Å².